The Balaban J connectivity index is 0.00000169. The van der Waals surface area contributed by atoms with E-state index < -0.39 is 0 Å². The fourth-order valence-corrected chi connectivity index (χ4v) is 1.37. The molecule has 0 N–H and O–H groups in total. The molecule has 0 bridgehead atoms. The summed E-state index contributed by atoms with van der Waals surface area (Å²) in [4.78, 5) is 3.40. The first-order valence-corrected chi connectivity index (χ1v) is 4.55. The van der Waals surface area contributed by atoms with Gasteiger partial charge in [-0.25, -0.2) is 6.57 Å². The van der Waals surface area contributed by atoms with E-state index in [2.05, 4.69) is 43.0 Å². The van der Waals surface area contributed by atoms with Gasteiger partial charge in [-0.3, -0.25) is 0 Å². The summed E-state index contributed by atoms with van der Waals surface area (Å²) in [6.07, 6.45) is 0.931. The van der Waals surface area contributed by atoms with Gasteiger partial charge >= 0.3 is 0 Å². The number of hydrogen-bond acceptors (Lipinski definition) is 0. The maximum absolute atomic E-state index is 6.77. The van der Waals surface area contributed by atoms with E-state index in [0.717, 1.165) is 6.42 Å². The van der Waals surface area contributed by atoms with Gasteiger partial charge in [0, 0.05) is 39.1 Å². The summed E-state index contributed by atoms with van der Waals surface area (Å²) in [5, 5.41) is 0. The van der Waals surface area contributed by atoms with Crippen molar-refractivity contribution < 1.29 is 32.7 Å². The van der Waals surface area contributed by atoms with Gasteiger partial charge in [0.05, 0.1) is 0 Å². The average Bonchev–Trinajstić information content (AvgIpc) is 2.16. The van der Waals surface area contributed by atoms with Crippen LogP contribution in [0.4, 0.5) is 0 Å². The van der Waals surface area contributed by atoms with Gasteiger partial charge in [-0.05, 0) is 11.0 Å². The monoisotopic (exact) mass is 262 g/mol. The van der Waals surface area contributed by atoms with Crippen LogP contribution in [-0.2, 0) is 38.1 Å². The Kier molecular flexibility index (Phi) is 6.24. The molecular weight excluding hydrogens is 247 g/mol. The summed E-state index contributed by atoms with van der Waals surface area (Å²) in [6, 6.07) is 10.4. The van der Waals surface area contributed by atoms with Gasteiger partial charge in [0.25, 0.3) is 0 Å². The van der Waals surface area contributed by atoms with Crippen LogP contribution in [0.1, 0.15) is 25.8 Å². The molecule has 0 amide bonds. The smallest absolute Gasteiger partial charge is 0.215 e. The molecule has 0 aliphatic carbocycles. The second-order valence-corrected chi connectivity index (χ2v) is 3.88. The molecule has 0 aliphatic rings. The summed E-state index contributed by atoms with van der Waals surface area (Å²) in [6.45, 7) is 11.8. The Bertz CT molecular complexity index is 298. The minimum absolute atomic E-state index is 0. The van der Waals surface area contributed by atoms with E-state index in [0.29, 0.717) is 6.54 Å². The van der Waals surface area contributed by atoms with E-state index in [4.69, 9.17) is 6.57 Å². The van der Waals surface area contributed by atoms with Crippen molar-refractivity contribution in [2.24, 2.45) is 0 Å². The maximum Gasteiger partial charge on any atom is 0.215 e. The minimum atomic E-state index is 0. The van der Waals surface area contributed by atoms with Crippen LogP contribution in [0.15, 0.2) is 30.3 Å². The second-order valence-electron chi connectivity index (χ2n) is 3.88. The topological polar surface area (TPSA) is 4.36 Å². The zero-order chi connectivity index (χ0) is 9.73. The van der Waals surface area contributed by atoms with Crippen LogP contribution in [0.25, 0.3) is 4.85 Å². The van der Waals surface area contributed by atoms with Crippen molar-refractivity contribution >= 4 is 0 Å². The van der Waals surface area contributed by atoms with E-state index >= 15 is 0 Å². The van der Waals surface area contributed by atoms with Crippen LogP contribution in [0, 0.1) is 6.57 Å². The van der Waals surface area contributed by atoms with Crippen molar-refractivity contribution in [3.05, 3.63) is 47.3 Å². The maximum atomic E-state index is 6.77. The average molecular weight is 262 g/mol. The normalized spacial score (nSPS) is 10.1. The molecule has 71 valence electrons. The standard InChI is InChI=1S/C12H15N.Y/c1-12(2,9-10-13-3)11-7-5-4-6-8-11;/h4-8H,9-10H2,1-2H3;. The molecule has 1 aromatic carbocycles. The number of benzene rings is 1. The molecule has 0 unspecified atom stereocenters. The SMILES string of the molecule is [C-]#[N+]CCC(C)(C)c1ccccc1.[Y]. The predicted octanol–water partition coefficient (Wildman–Crippen LogP) is 3.27. The minimum Gasteiger partial charge on any atom is -0.317 e. The molecule has 1 radical (unpaired) electrons. The molecule has 2 heteroatoms. The molecule has 0 aromatic heterocycles. The first kappa shape index (κ1) is 13.8. The van der Waals surface area contributed by atoms with Crippen molar-refractivity contribution in [1.29, 1.82) is 0 Å². The van der Waals surface area contributed by atoms with Crippen LogP contribution >= 0.6 is 0 Å². The van der Waals surface area contributed by atoms with Crippen molar-refractivity contribution in [2.75, 3.05) is 6.54 Å². The number of nitrogens with zero attached hydrogens (tertiary/aromatic N) is 1. The van der Waals surface area contributed by atoms with Gasteiger partial charge in [-0.2, -0.15) is 0 Å². The van der Waals surface area contributed by atoms with Crippen LogP contribution in [0.3, 0.4) is 0 Å². The molecule has 0 saturated carbocycles. The Labute approximate surface area is 112 Å². The van der Waals surface area contributed by atoms with Crippen molar-refractivity contribution in [3.63, 3.8) is 0 Å². The first-order valence-electron chi connectivity index (χ1n) is 4.55. The fraction of sp³-hybridized carbons (Fsp3) is 0.417. The van der Waals surface area contributed by atoms with Crippen LogP contribution < -0.4 is 0 Å². The molecule has 0 atom stereocenters. The third-order valence-electron chi connectivity index (χ3n) is 2.40. The van der Waals surface area contributed by atoms with E-state index in [1.165, 1.54) is 5.56 Å². The van der Waals surface area contributed by atoms with Crippen LogP contribution in [0.2, 0.25) is 0 Å². The van der Waals surface area contributed by atoms with E-state index in [-0.39, 0.29) is 38.1 Å². The fourth-order valence-electron chi connectivity index (χ4n) is 1.37. The van der Waals surface area contributed by atoms with Gasteiger partial charge in [0.1, 0.15) is 0 Å². The summed E-state index contributed by atoms with van der Waals surface area (Å²) < 4.78 is 0. The van der Waals surface area contributed by atoms with Crippen LogP contribution in [0.5, 0.6) is 0 Å². The third kappa shape index (κ3) is 3.90. The summed E-state index contributed by atoms with van der Waals surface area (Å²) in [5.74, 6) is 0. The van der Waals surface area contributed by atoms with Gasteiger partial charge < -0.3 is 4.85 Å². The molecule has 1 aromatic rings. The van der Waals surface area contributed by atoms with Crippen molar-refractivity contribution in [3.8, 4) is 0 Å². The van der Waals surface area contributed by atoms with Gasteiger partial charge in [0.15, 0.2) is 0 Å². The van der Waals surface area contributed by atoms with Crippen molar-refractivity contribution in [2.45, 2.75) is 25.7 Å². The van der Waals surface area contributed by atoms with E-state index in [1.807, 2.05) is 6.07 Å². The molecular formula is C12H15NY. The molecule has 14 heavy (non-hydrogen) atoms. The van der Waals surface area contributed by atoms with Crippen molar-refractivity contribution in [1.82, 2.24) is 0 Å². The Morgan fingerprint density at radius 2 is 1.79 bits per heavy atom. The quantitative estimate of drug-likeness (QED) is 0.736. The summed E-state index contributed by atoms with van der Waals surface area (Å²) in [5.41, 5.74) is 1.45. The van der Waals surface area contributed by atoms with Gasteiger partial charge in [-0.15, -0.1) is 0 Å². The van der Waals surface area contributed by atoms with Crippen LogP contribution in [-0.4, -0.2) is 6.54 Å². The van der Waals surface area contributed by atoms with E-state index in [1.54, 1.807) is 0 Å². The number of rotatable bonds is 3. The second kappa shape index (κ2) is 6.33. The Morgan fingerprint density at radius 1 is 1.21 bits per heavy atom. The zero-order valence-corrected chi connectivity index (χ0v) is 11.7. The molecule has 0 saturated heterocycles. The molecule has 1 nitrogen and oxygen atoms in total. The molecule has 0 heterocycles. The molecule has 1 rings (SSSR count). The third-order valence-corrected chi connectivity index (χ3v) is 2.40. The molecule has 0 fully saturated rings. The Morgan fingerprint density at radius 3 is 2.29 bits per heavy atom. The summed E-state index contributed by atoms with van der Waals surface area (Å²) >= 11 is 0. The van der Waals surface area contributed by atoms with E-state index in [9.17, 15) is 0 Å². The predicted molar refractivity (Wildman–Crippen MR) is 55.6 cm³/mol. The Hall–Kier alpha value is -0.186. The molecule has 0 spiro atoms. The largest absolute Gasteiger partial charge is 0.317 e. The van der Waals surface area contributed by atoms with Gasteiger partial charge in [0.2, 0.25) is 6.54 Å². The summed E-state index contributed by atoms with van der Waals surface area (Å²) in [7, 11) is 0. The zero-order valence-electron chi connectivity index (χ0n) is 8.83. The van der Waals surface area contributed by atoms with Gasteiger partial charge in [-0.1, -0.05) is 44.2 Å². The number of hydrogen-bond donors (Lipinski definition) is 0. The first-order chi connectivity index (χ1) is 6.17. The molecule has 0 aliphatic heterocycles.